The first kappa shape index (κ1) is 13.1. The summed E-state index contributed by atoms with van der Waals surface area (Å²) in [5.41, 5.74) is 0. The highest BCUT2D eigenvalue weighted by Crippen LogP contribution is 1.91. The molecule has 0 aromatic rings. The third-order valence-electron chi connectivity index (χ3n) is 0.881. The van der Waals surface area contributed by atoms with Gasteiger partial charge in [0.1, 0.15) is 6.42 Å². The lowest BCUT2D eigenvalue weighted by Gasteiger charge is -2.01. The van der Waals surface area contributed by atoms with Crippen LogP contribution in [0.3, 0.4) is 0 Å². The van der Waals surface area contributed by atoms with Crippen LogP contribution in [0.1, 0.15) is 6.42 Å². The Morgan fingerprint density at radius 1 is 1.07 bits per heavy atom. The summed E-state index contributed by atoms with van der Waals surface area (Å²) in [5, 5.41) is 24.2. The summed E-state index contributed by atoms with van der Waals surface area (Å²) in [7, 11) is -2.53. The minimum Gasteiger partial charge on any atom is -0.481 e. The normalized spacial score (nSPS) is 8.93. The van der Waals surface area contributed by atoms with Crippen molar-refractivity contribution in [2.24, 2.45) is 0 Å². The molecule has 0 atom stereocenters. The van der Waals surface area contributed by atoms with Crippen LogP contribution in [0.2, 0.25) is 0 Å². The summed E-state index contributed by atoms with van der Waals surface area (Å²) in [4.78, 5) is 41.4. The molecule has 0 fully saturated rings. The summed E-state index contributed by atoms with van der Waals surface area (Å²) < 4.78 is 7.18. The predicted molar refractivity (Wildman–Crippen MR) is 39.6 cm³/mol. The van der Waals surface area contributed by atoms with E-state index in [2.05, 4.69) is 9.39 Å². The van der Waals surface area contributed by atoms with Gasteiger partial charge in [0.05, 0.1) is 0 Å². The first-order chi connectivity index (χ1) is 6.82. The summed E-state index contributed by atoms with van der Waals surface area (Å²) >= 11 is 0. The van der Waals surface area contributed by atoms with Crippen molar-refractivity contribution in [3.63, 3.8) is 0 Å². The van der Waals surface area contributed by atoms with Crippen molar-refractivity contribution < 1.29 is 43.7 Å². The number of ether oxygens (including phenoxy) is 1. The van der Waals surface area contributed by atoms with E-state index in [9.17, 15) is 19.2 Å². The number of carbonyl (C=O) groups is 4. The molecule has 0 aliphatic carbocycles. The molecule has 0 unspecified atom stereocenters. The van der Waals surface area contributed by atoms with Crippen LogP contribution in [-0.4, -0.2) is 46.4 Å². The first-order valence-electron chi connectivity index (χ1n) is 3.36. The lowest BCUT2D eigenvalue weighted by atomic mass is 10.3. The van der Waals surface area contributed by atoms with Gasteiger partial charge >= 0.3 is 31.2 Å². The molecule has 0 saturated heterocycles. The summed E-state index contributed by atoms with van der Waals surface area (Å²) in [5.74, 6) is -6.70. The molecule has 0 spiro atoms. The van der Waals surface area contributed by atoms with Gasteiger partial charge in [0.2, 0.25) is 0 Å². The maximum Gasteiger partial charge on any atom is 0.709 e. The molecule has 3 N–H and O–H groups in total. The van der Waals surface area contributed by atoms with E-state index in [1.54, 1.807) is 0 Å². The zero-order valence-corrected chi connectivity index (χ0v) is 7.08. The van der Waals surface area contributed by atoms with E-state index >= 15 is 0 Å². The average Bonchev–Trinajstić information content (AvgIpc) is 2.00. The van der Waals surface area contributed by atoms with E-state index in [4.69, 9.17) is 15.2 Å². The number of carboxylic acid groups (broad SMARTS) is 1. The van der Waals surface area contributed by atoms with Crippen LogP contribution in [0.15, 0.2) is 0 Å². The minimum atomic E-state index is -2.53. The fourth-order valence-corrected chi connectivity index (χ4v) is 0.448. The van der Waals surface area contributed by atoms with Crippen molar-refractivity contribution in [2.75, 3.05) is 0 Å². The molecule has 0 saturated carbocycles. The second-order valence-electron chi connectivity index (χ2n) is 2.06. The average molecular weight is 220 g/mol. The molecule has 0 radical (unpaired) electrons. The van der Waals surface area contributed by atoms with E-state index in [-0.39, 0.29) is 0 Å². The number of hydrogen-bond acceptors (Lipinski definition) is 8. The molecular formula is C5H5BO9. The van der Waals surface area contributed by atoms with Crippen molar-refractivity contribution >= 4 is 31.2 Å². The monoisotopic (exact) mass is 220 g/mol. The van der Waals surface area contributed by atoms with E-state index < -0.39 is 37.6 Å². The van der Waals surface area contributed by atoms with Crippen LogP contribution >= 0.6 is 0 Å². The van der Waals surface area contributed by atoms with Gasteiger partial charge < -0.3 is 24.5 Å². The molecule has 0 rings (SSSR count). The predicted octanol–water partition coefficient (Wildman–Crippen LogP) is -2.96. The van der Waals surface area contributed by atoms with Gasteiger partial charge in [0, 0.05) is 0 Å². The molecule has 82 valence electrons. The molecule has 0 aliphatic heterocycles. The molecule has 15 heavy (non-hydrogen) atoms. The van der Waals surface area contributed by atoms with Gasteiger partial charge in [0.25, 0.3) is 0 Å². The zero-order chi connectivity index (χ0) is 12.0. The first-order valence-corrected chi connectivity index (χ1v) is 3.36. The van der Waals surface area contributed by atoms with Crippen LogP contribution in [0.4, 0.5) is 0 Å². The van der Waals surface area contributed by atoms with E-state index in [0.717, 1.165) is 0 Å². The zero-order valence-electron chi connectivity index (χ0n) is 7.08. The van der Waals surface area contributed by atoms with Crippen molar-refractivity contribution in [3.05, 3.63) is 0 Å². The molecular weight excluding hydrogens is 215 g/mol. The van der Waals surface area contributed by atoms with Gasteiger partial charge in [0.15, 0.2) is 0 Å². The Morgan fingerprint density at radius 3 is 2.00 bits per heavy atom. The Balaban J connectivity index is 4.08. The Bertz CT molecular complexity index is 295. The van der Waals surface area contributed by atoms with Gasteiger partial charge in [-0.25, -0.2) is 9.59 Å². The van der Waals surface area contributed by atoms with Crippen LogP contribution in [-0.2, 0) is 28.6 Å². The van der Waals surface area contributed by atoms with Crippen LogP contribution in [0.5, 0.6) is 0 Å². The minimum absolute atomic E-state index is 1.11. The van der Waals surface area contributed by atoms with Crippen LogP contribution < -0.4 is 0 Å². The maximum absolute atomic E-state index is 10.5. The molecule has 0 aromatic carbocycles. The van der Waals surface area contributed by atoms with Gasteiger partial charge in [-0.2, -0.15) is 0 Å². The van der Waals surface area contributed by atoms with E-state index in [1.165, 1.54) is 0 Å². The molecule has 9 nitrogen and oxygen atoms in total. The summed E-state index contributed by atoms with van der Waals surface area (Å²) in [6, 6.07) is 0. The largest absolute Gasteiger partial charge is 0.709 e. The number of rotatable bonds is 3. The molecule has 0 amide bonds. The van der Waals surface area contributed by atoms with Crippen LogP contribution in [0.25, 0.3) is 0 Å². The Labute approximate surface area is 82.4 Å². The Kier molecular flexibility index (Phi) is 4.99. The van der Waals surface area contributed by atoms with Gasteiger partial charge in [-0.05, 0) is 0 Å². The highest BCUT2D eigenvalue weighted by molar-refractivity contribution is 6.43. The third kappa shape index (κ3) is 6.18. The van der Waals surface area contributed by atoms with Gasteiger partial charge in [-0.3, -0.25) is 9.59 Å². The lowest BCUT2D eigenvalue weighted by Crippen LogP contribution is -2.30. The number of aliphatic carboxylic acids is 1. The maximum atomic E-state index is 10.5. The number of carboxylic acids is 1. The van der Waals surface area contributed by atoms with Crippen molar-refractivity contribution in [1.82, 2.24) is 0 Å². The van der Waals surface area contributed by atoms with Crippen molar-refractivity contribution in [2.45, 2.75) is 6.42 Å². The van der Waals surface area contributed by atoms with Crippen molar-refractivity contribution in [1.29, 1.82) is 0 Å². The molecule has 10 heteroatoms. The lowest BCUT2D eigenvalue weighted by molar-refractivity contribution is -0.171. The second kappa shape index (κ2) is 5.72. The molecule has 0 bridgehead atoms. The fraction of sp³-hybridized carbons (Fsp3) is 0.200. The van der Waals surface area contributed by atoms with Gasteiger partial charge in [-0.15, -0.1) is 0 Å². The number of hydrogen-bond donors (Lipinski definition) is 3. The van der Waals surface area contributed by atoms with E-state index in [1.807, 2.05) is 0 Å². The molecule has 0 aliphatic rings. The second-order valence-corrected chi connectivity index (χ2v) is 2.06. The highest BCUT2D eigenvalue weighted by atomic mass is 16.7. The fourth-order valence-electron chi connectivity index (χ4n) is 0.448. The van der Waals surface area contributed by atoms with Crippen molar-refractivity contribution in [3.8, 4) is 0 Å². The summed E-state index contributed by atoms with van der Waals surface area (Å²) in [6.07, 6.45) is -1.11. The molecule has 0 heterocycles. The topological polar surface area (TPSA) is 147 Å². The Hall–Kier alpha value is -1.94. The number of carbonyl (C=O) groups excluding carboxylic acids is 3. The van der Waals surface area contributed by atoms with E-state index in [0.29, 0.717) is 0 Å². The smallest absolute Gasteiger partial charge is 0.481 e. The highest BCUT2D eigenvalue weighted by Gasteiger charge is 2.26. The quantitative estimate of drug-likeness (QED) is 0.196. The van der Waals surface area contributed by atoms with Gasteiger partial charge in [-0.1, -0.05) is 0 Å². The standard InChI is InChI=1S/C5H5BO9/c7-2(8)1-3(9)14-4(10)5(11)15-6(12)13/h12-13H,1H2,(H,7,8). The summed E-state index contributed by atoms with van der Waals surface area (Å²) in [6.45, 7) is 0. The number of esters is 2. The third-order valence-corrected chi connectivity index (χ3v) is 0.881. The molecule has 0 aromatic heterocycles. The van der Waals surface area contributed by atoms with Crippen LogP contribution in [0, 0.1) is 0 Å². The SMILES string of the molecule is O=C(O)CC(=O)OC(=O)C(=O)OB(O)O. The Morgan fingerprint density at radius 2 is 1.60 bits per heavy atom.